The van der Waals surface area contributed by atoms with E-state index in [1.54, 1.807) is 0 Å². The molecule has 0 aromatic heterocycles. The Kier molecular flexibility index (Phi) is 5.79. The third kappa shape index (κ3) is 3.74. The summed E-state index contributed by atoms with van der Waals surface area (Å²) in [6, 6.07) is 16.4. The second-order valence-corrected chi connectivity index (χ2v) is 10.1. The fourth-order valence-electron chi connectivity index (χ4n) is 6.13. The molecular formula is C28H34N2O2. The number of hydrogen-bond donors (Lipinski definition) is 1. The van der Waals surface area contributed by atoms with Crippen molar-refractivity contribution in [3.05, 3.63) is 70.8 Å². The highest BCUT2D eigenvalue weighted by Gasteiger charge is 2.50. The first-order valence-electron chi connectivity index (χ1n) is 12.4. The normalized spacial score (nSPS) is 26.1. The predicted octanol–water partition coefficient (Wildman–Crippen LogP) is 5.36. The summed E-state index contributed by atoms with van der Waals surface area (Å²) in [7, 11) is 0. The van der Waals surface area contributed by atoms with E-state index in [0.717, 1.165) is 43.2 Å². The summed E-state index contributed by atoms with van der Waals surface area (Å²) in [4.78, 5) is 29.8. The summed E-state index contributed by atoms with van der Waals surface area (Å²) in [5.41, 5.74) is 3.35. The number of carbonyl (C=O) groups is 2. The van der Waals surface area contributed by atoms with Gasteiger partial charge in [0.1, 0.15) is 5.54 Å². The van der Waals surface area contributed by atoms with Gasteiger partial charge in [-0.05, 0) is 61.8 Å². The first-order valence-corrected chi connectivity index (χ1v) is 12.4. The van der Waals surface area contributed by atoms with Crippen LogP contribution in [0, 0.1) is 0 Å². The first-order chi connectivity index (χ1) is 15.6. The number of nitrogens with one attached hydrogen (secondary N) is 1. The van der Waals surface area contributed by atoms with Crippen molar-refractivity contribution < 1.29 is 9.59 Å². The van der Waals surface area contributed by atoms with Crippen LogP contribution in [-0.4, -0.2) is 28.3 Å². The molecule has 2 aromatic rings. The monoisotopic (exact) mass is 430 g/mol. The minimum atomic E-state index is -0.896. The molecule has 4 nitrogen and oxygen atoms in total. The van der Waals surface area contributed by atoms with Gasteiger partial charge in [-0.2, -0.15) is 0 Å². The van der Waals surface area contributed by atoms with E-state index < -0.39 is 5.54 Å². The van der Waals surface area contributed by atoms with Crippen LogP contribution in [0.1, 0.15) is 91.4 Å². The third-order valence-corrected chi connectivity index (χ3v) is 7.86. The Labute approximate surface area is 191 Å². The number of hydrogen-bond acceptors (Lipinski definition) is 2. The number of nitrogens with zero attached hydrogens (tertiary/aromatic N) is 1. The molecule has 1 aliphatic heterocycles. The van der Waals surface area contributed by atoms with Gasteiger partial charge >= 0.3 is 0 Å². The highest BCUT2D eigenvalue weighted by molar-refractivity contribution is 6.03. The summed E-state index contributed by atoms with van der Waals surface area (Å²) in [6.07, 6.45) is 10.5. The maximum Gasteiger partial charge on any atom is 0.255 e. The second-order valence-electron chi connectivity index (χ2n) is 10.1. The van der Waals surface area contributed by atoms with Gasteiger partial charge in [0.15, 0.2) is 0 Å². The standard InChI is InChI=1S/C28H34N2O2/c1-28(27(32)29-22-14-4-2-3-5-15-22)19-21-12-7-9-17-24(21)26(31)30(28)25-18-10-13-20-11-6-8-16-23(20)25/h6-9,11-12,16-17,22,25H,2-5,10,13-15,18-19H2,1H3,(H,29,32)/t25-,28+/m0/s1. The average Bonchev–Trinajstić information content (AvgIpc) is 3.08. The highest BCUT2D eigenvalue weighted by Crippen LogP contribution is 2.43. The minimum Gasteiger partial charge on any atom is -0.351 e. The van der Waals surface area contributed by atoms with Crippen LogP contribution in [0.3, 0.4) is 0 Å². The Balaban J connectivity index is 1.54. The lowest BCUT2D eigenvalue weighted by molar-refractivity contribution is -0.134. The molecule has 0 spiro atoms. The molecule has 0 radical (unpaired) electrons. The zero-order chi connectivity index (χ0) is 22.1. The lowest BCUT2D eigenvalue weighted by atomic mass is 9.77. The maximum absolute atomic E-state index is 13.9. The molecule has 2 amide bonds. The van der Waals surface area contributed by atoms with Crippen molar-refractivity contribution >= 4 is 11.8 Å². The smallest absolute Gasteiger partial charge is 0.255 e. The number of rotatable bonds is 3. The molecule has 0 bridgehead atoms. The summed E-state index contributed by atoms with van der Waals surface area (Å²) < 4.78 is 0. The van der Waals surface area contributed by atoms with Gasteiger partial charge in [0.25, 0.3) is 5.91 Å². The van der Waals surface area contributed by atoms with E-state index >= 15 is 0 Å². The molecule has 2 aromatic carbocycles. The molecule has 5 rings (SSSR count). The van der Waals surface area contributed by atoms with Gasteiger partial charge in [-0.3, -0.25) is 9.59 Å². The van der Waals surface area contributed by atoms with Gasteiger partial charge in [0.2, 0.25) is 5.91 Å². The topological polar surface area (TPSA) is 49.4 Å². The molecule has 2 aliphatic carbocycles. The molecule has 0 unspecified atom stereocenters. The SMILES string of the molecule is C[C@]1(C(=O)NC2CCCCCC2)Cc2ccccc2C(=O)N1[C@H]1CCCc2ccccc21. The van der Waals surface area contributed by atoms with Crippen LogP contribution in [0.2, 0.25) is 0 Å². The minimum absolute atomic E-state index is 0.00734. The Morgan fingerprint density at radius 2 is 1.59 bits per heavy atom. The molecule has 4 heteroatoms. The molecule has 1 fully saturated rings. The van der Waals surface area contributed by atoms with Gasteiger partial charge in [0.05, 0.1) is 6.04 Å². The van der Waals surface area contributed by atoms with Gasteiger partial charge in [0, 0.05) is 18.0 Å². The van der Waals surface area contributed by atoms with E-state index in [9.17, 15) is 9.59 Å². The second kappa shape index (κ2) is 8.73. The molecule has 168 valence electrons. The Hall–Kier alpha value is -2.62. The Bertz CT molecular complexity index is 1010. The molecule has 2 atom stereocenters. The van der Waals surface area contributed by atoms with Crippen LogP contribution < -0.4 is 5.32 Å². The van der Waals surface area contributed by atoms with Gasteiger partial charge in [-0.1, -0.05) is 68.1 Å². The molecule has 1 saturated carbocycles. The predicted molar refractivity (Wildman–Crippen MR) is 126 cm³/mol. The lowest BCUT2D eigenvalue weighted by Crippen LogP contribution is -2.64. The number of amides is 2. The van der Waals surface area contributed by atoms with Gasteiger partial charge in [-0.25, -0.2) is 0 Å². The van der Waals surface area contributed by atoms with Crippen LogP contribution in [0.5, 0.6) is 0 Å². The summed E-state index contributed by atoms with van der Waals surface area (Å²) in [5.74, 6) is 0.00220. The van der Waals surface area contributed by atoms with Gasteiger partial charge in [-0.15, -0.1) is 0 Å². The summed E-state index contributed by atoms with van der Waals surface area (Å²) in [6.45, 7) is 1.99. The third-order valence-electron chi connectivity index (χ3n) is 7.86. The summed E-state index contributed by atoms with van der Waals surface area (Å²) in [5, 5.41) is 3.38. The van der Waals surface area contributed by atoms with E-state index in [1.165, 1.54) is 36.8 Å². The van der Waals surface area contributed by atoms with Crippen molar-refractivity contribution in [1.82, 2.24) is 10.2 Å². The summed E-state index contributed by atoms with van der Waals surface area (Å²) >= 11 is 0. The van der Waals surface area contributed by atoms with Gasteiger partial charge < -0.3 is 10.2 Å². The number of benzene rings is 2. The Morgan fingerprint density at radius 1 is 0.906 bits per heavy atom. The maximum atomic E-state index is 13.9. The van der Waals surface area contributed by atoms with E-state index in [1.807, 2.05) is 36.1 Å². The number of carbonyl (C=O) groups excluding carboxylic acids is 2. The van der Waals surface area contributed by atoms with E-state index in [2.05, 4.69) is 29.6 Å². The molecule has 1 N–H and O–H groups in total. The average molecular weight is 431 g/mol. The zero-order valence-corrected chi connectivity index (χ0v) is 19.1. The van der Waals surface area contributed by atoms with Crippen molar-refractivity contribution in [3.8, 4) is 0 Å². The van der Waals surface area contributed by atoms with Crippen molar-refractivity contribution in [2.24, 2.45) is 0 Å². The number of fused-ring (bicyclic) bond motifs is 2. The first kappa shape index (κ1) is 21.2. The van der Waals surface area contributed by atoms with Crippen molar-refractivity contribution in [1.29, 1.82) is 0 Å². The lowest BCUT2D eigenvalue weighted by Gasteiger charge is -2.49. The van der Waals surface area contributed by atoms with Crippen molar-refractivity contribution in [3.63, 3.8) is 0 Å². The van der Waals surface area contributed by atoms with E-state index in [4.69, 9.17) is 0 Å². The molecule has 3 aliphatic rings. The molecule has 1 heterocycles. The fourth-order valence-corrected chi connectivity index (χ4v) is 6.13. The van der Waals surface area contributed by atoms with Crippen LogP contribution >= 0.6 is 0 Å². The van der Waals surface area contributed by atoms with Crippen molar-refractivity contribution in [2.75, 3.05) is 0 Å². The quantitative estimate of drug-likeness (QED) is 0.667. The largest absolute Gasteiger partial charge is 0.351 e. The highest BCUT2D eigenvalue weighted by atomic mass is 16.2. The molecule has 0 saturated heterocycles. The molecular weight excluding hydrogens is 396 g/mol. The van der Waals surface area contributed by atoms with E-state index in [-0.39, 0.29) is 23.9 Å². The van der Waals surface area contributed by atoms with Crippen LogP contribution in [-0.2, 0) is 17.6 Å². The fraction of sp³-hybridized carbons (Fsp3) is 0.500. The Morgan fingerprint density at radius 3 is 2.38 bits per heavy atom. The zero-order valence-electron chi connectivity index (χ0n) is 19.1. The van der Waals surface area contributed by atoms with Crippen molar-refractivity contribution in [2.45, 2.75) is 88.8 Å². The van der Waals surface area contributed by atoms with E-state index in [0.29, 0.717) is 6.42 Å². The number of aryl methyl sites for hydroxylation is 1. The van der Waals surface area contributed by atoms with Crippen LogP contribution in [0.15, 0.2) is 48.5 Å². The van der Waals surface area contributed by atoms with Crippen LogP contribution in [0.4, 0.5) is 0 Å². The van der Waals surface area contributed by atoms with Crippen LogP contribution in [0.25, 0.3) is 0 Å². The molecule has 32 heavy (non-hydrogen) atoms.